The Morgan fingerprint density at radius 3 is 2.82 bits per heavy atom. The van der Waals surface area contributed by atoms with Gasteiger partial charge < -0.3 is 0 Å². The minimum atomic E-state index is -0.424. The minimum Gasteiger partial charge on any atom is -0.290 e. The van der Waals surface area contributed by atoms with Crippen molar-refractivity contribution in [2.45, 2.75) is 27.2 Å². The molecule has 0 aliphatic carbocycles. The van der Waals surface area contributed by atoms with Crippen LogP contribution in [0.2, 0.25) is 0 Å². The fourth-order valence-electron chi connectivity index (χ4n) is 2.08. The molecule has 2 rings (SSSR count). The highest BCUT2D eigenvalue weighted by molar-refractivity contribution is 8.15. The first kappa shape index (κ1) is 16.5. The summed E-state index contributed by atoms with van der Waals surface area (Å²) in [4.78, 5) is 28.6. The Kier molecular flexibility index (Phi) is 5.18. The number of aliphatic imine (C=N–C) groups is 1. The van der Waals surface area contributed by atoms with Gasteiger partial charge >= 0.3 is 0 Å². The van der Waals surface area contributed by atoms with Gasteiger partial charge in [-0.15, -0.1) is 0 Å². The Morgan fingerprint density at radius 2 is 2.23 bits per heavy atom. The molecule has 0 bridgehead atoms. The molecule has 0 saturated carbocycles. The summed E-state index contributed by atoms with van der Waals surface area (Å²) < 4.78 is 0. The predicted octanol–water partition coefficient (Wildman–Crippen LogP) is 3.51. The average molecular weight is 321 g/mol. The first-order valence-corrected chi connectivity index (χ1v) is 8.17. The van der Waals surface area contributed by atoms with Crippen molar-refractivity contribution in [2.24, 2.45) is 10.9 Å². The van der Waals surface area contributed by atoms with Gasteiger partial charge in [-0.1, -0.05) is 32.0 Å². The maximum Gasteiger partial charge on any atom is 0.269 e. The van der Waals surface area contributed by atoms with Gasteiger partial charge in [0, 0.05) is 18.7 Å². The maximum atomic E-state index is 12.0. The van der Waals surface area contributed by atoms with Gasteiger partial charge in [-0.25, -0.2) is 4.99 Å². The number of hydrogen-bond acceptors (Lipinski definition) is 5. The molecule has 1 aromatic carbocycles. The summed E-state index contributed by atoms with van der Waals surface area (Å²) in [5.41, 5.74) is 1.44. The Balaban J connectivity index is 2.27. The summed E-state index contributed by atoms with van der Waals surface area (Å²) in [6.45, 7) is 6.64. The Morgan fingerprint density at radius 1 is 1.50 bits per heavy atom. The number of non-ortho nitro benzene ring substituents is 1. The van der Waals surface area contributed by atoms with E-state index in [0.29, 0.717) is 29.1 Å². The van der Waals surface area contributed by atoms with Crippen LogP contribution in [-0.2, 0) is 4.79 Å². The van der Waals surface area contributed by atoms with Gasteiger partial charge in [0.1, 0.15) is 0 Å². The molecular formula is C15H19N3O3S. The third-order valence-corrected chi connectivity index (χ3v) is 4.62. The highest BCUT2D eigenvalue weighted by Gasteiger charge is 2.29. The number of carbonyl (C=O) groups excluding carboxylic acids is 1. The lowest BCUT2D eigenvalue weighted by atomic mass is 10.1. The predicted molar refractivity (Wildman–Crippen MR) is 88.6 cm³/mol. The largest absolute Gasteiger partial charge is 0.290 e. The molecule has 1 unspecified atom stereocenters. The number of amides is 1. The molecule has 0 N–H and O–H groups in total. The molecule has 1 aliphatic heterocycles. The van der Waals surface area contributed by atoms with Crippen LogP contribution in [0.1, 0.15) is 25.8 Å². The van der Waals surface area contributed by atoms with E-state index < -0.39 is 4.92 Å². The first-order valence-electron chi connectivity index (χ1n) is 7.19. The second-order valence-corrected chi connectivity index (χ2v) is 6.37. The zero-order valence-electron chi connectivity index (χ0n) is 12.9. The van der Waals surface area contributed by atoms with Crippen LogP contribution in [0.5, 0.6) is 0 Å². The summed E-state index contributed by atoms with van der Waals surface area (Å²) in [6.07, 6.45) is 0.998. The van der Waals surface area contributed by atoms with E-state index in [1.54, 1.807) is 17.9 Å². The molecule has 6 nitrogen and oxygen atoms in total. The number of amidine groups is 1. The van der Waals surface area contributed by atoms with Crippen LogP contribution >= 0.6 is 11.8 Å². The van der Waals surface area contributed by atoms with Gasteiger partial charge in [0.25, 0.3) is 5.69 Å². The van der Waals surface area contributed by atoms with E-state index in [2.05, 4.69) is 18.8 Å². The number of carbonyl (C=O) groups is 1. The average Bonchev–Trinajstić information content (AvgIpc) is 2.81. The van der Waals surface area contributed by atoms with Crippen LogP contribution in [0.15, 0.2) is 23.2 Å². The number of nitro groups is 1. The lowest BCUT2D eigenvalue weighted by Gasteiger charge is -2.19. The molecule has 1 fully saturated rings. The molecule has 1 amide bonds. The number of rotatable bonds is 5. The summed E-state index contributed by atoms with van der Waals surface area (Å²) in [7, 11) is 0. The van der Waals surface area contributed by atoms with Crippen molar-refractivity contribution >= 4 is 34.2 Å². The molecule has 22 heavy (non-hydrogen) atoms. The fraction of sp³-hybridized carbons (Fsp3) is 0.467. The number of nitro benzene ring substituents is 1. The van der Waals surface area contributed by atoms with Gasteiger partial charge in [0.15, 0.2) is 5.17 Å². The van der Waals surface area contributed by atoms with Crippen molar-refractivity contribution in [1.82, 2.24) is 4.90 Å². The van der Waals surface area contributed by atoms with Gasteiger partial charge in [-0.2, -0.15) is 0 Å². The van der Waals surface area contributed by atoms with E-state index in [4.69, 9.17) is 0 Å². The van der Waals surface area contributed by atoms with Crippen molar-refractivity contribution in [1.29, 1.82) is 0 Å². The van der Waals surface area contributed by atoms with Crippen LogP contribution < -0.4 is 0 Å². The SMILES string of the molecule is CCC(C)CN1C(=O)CS/C1=N\c1ccc([N+](=O)[O-])cc1C. The minimum absolute atomic E-state index is 0.0491. The van der Waals surface area contributed by atoms with Crippen LogP contribution in [0.25, 0.3) is 0 Å². The van der Waals surface area contributed by atoms with Crippen LogP contribution in [-0.4, -0.2) is 33.2 Å². The third kappa shape index (κ3) is 3.65. The molecule has 0 radical (unpaired) electrons. The zero-order valence-corrected chi connectivity index (χ0v) is 13.7. The van der Waals surface area contributed by atoms with Gasteiger partial charge in [0.2, 0.25) is 5.91 Å². The molecule has 7 heteroatoms. The molecule has 0 aromatic heterocycles. The first-order chi connectivity index (χ1) is 10.4. The summed E-state index contributed by atoms with van der Waals surface area (Å²) >= 11 is 1.42. The van der Waals surface area contributed by atoms with Crippen molar-refractivity contribution in [3.63, 3.8) is 0 Å². The van der Waals surface area contributed by atoms with Crippen LogP contribution in [0, 0.1) is 23.0 Å². The van der Waals surface area contributed by atoms with Crippen molar-refractivity contribution in [3.05, 3.63) is 33.9 Å². The fourth-order valence-corrected chi connectivity index (χ4v) is 2.99. The zero-order chi connectivity index (χ0) is 16.3. The summed E-state index contributed by atoms with van der Waals surface area (Å²) in [5.74, 6) is 0.885. The van der Waals surface area contributed by atoms with E-state index in [1.807, 2.05) is 0 Å². The van der Waals surface area contributed by atoms with Gasteiger partial charge in [-0.3, -0.25) is 19.8 Å². The Hall–Kier alpha value is -1.89. The van der Waals surface area contributed by atoms with E-state index in [-0.39, 0.29) is 11.6 Å². The molecule has 118 valence electrons. The van der Waals surface area contributed by atoms with Crippen molar-refractivity contribution in [3.8, 4) is 0 Å². The molecule has 1 atom stereocenters. The topological polar surface area (TPSA) is 75.8 Å². The Labute approximate surface area is 133 Å². The number of benzene rings is 1. The lowest BCUT2D eigenvalue weighted by Crippen LogP contribution is -2.33. The van der Waals surface area contributed by atoms with Crippen LogP contribution in [0.4, 0.5) is 11.4 Å². The second kappa shape index (κ2) is 6.91. The number of aryl methyl sites for hydroxylation is 1. The number of thioether (sulfide) groups is 1. The smallest absolute Gasteiger partial charge is 0.269 e. The van der Waals surface area contributed by atoms with E-state index in [0.717, 1.165) is 12.0 Å². The number of hydrogen-bond donors (Lipinski definition) is 0. The second-order valence-electron chi connectivity index (χ2n) is 5.43. The Bertz CT molecular complexity index is 630. The summed E-state index contributed by atoms with van der Waals surface area (Å²) in [6, 6.07) is 4.57. The van der Waals surface area contributed by atoms with Gasteiger partial charge in [-0.05, 0) is 24.5 Å². The molecule has 1 saturated heterocycles. The van der Waals surface area contributed by atoms with E-state index >= 15 is 0 Å². The van der Waals surface area contributed by atoms with Crippen molar-refractivity contribution < 1.29 is 9.72 Å². The molecular weight excluding hydrogens is 302 g/mol. The maximum absolute atomic E-state index is 12.0. The molecule has 1 aliphatic rings. The van der Waals surface area contributed by atoms with E-state index in [9.17, 15) is 14.9 Å². The standard InChI is InChI=1S/C15H19N3O3S/c1-4-10(2)8-17-14(19)9-22-15(17)16-13-6-5-12(18(20)21)7-11(13)3/h5-7,10H,4,8-9H2,1-3H3/b16-15-. The monoisotopic (exact) mass is 321 g/mol. The lowest BCUT2D eigenvalue weighted by molar-refractivity contribution is -0.384. The normalized spacial score (nSPS) is 18.0. The molecule has 0 spiro atoms. The van der Waals surface area contributed by atoms with Crippen LogP contribution in [0.3, 0.4) is 0 Å². The highest BCUT2D eigenvalue weighted by Crippen LogP contribution is 2.28. The summed E-state index contributed by atoms with van der Waals surface area (Å²) in [5, 5.41) is 11.5. The van der Waals surface area contributed by atoms with Crippen molar-refractivity contribution in [2.75, 3.05) is 12.3 Å². The highest BCUT2D eigenvalue weighted by atomic mass is 32.2. The molecule has 1 heterocycles. The van der Waals surface area contributed by atoms with Gasteiger partial charge in [0.05, 0.1) is 16.4 Å². The number of nitrogens with zero attached hydrogens (tertiary/aromatic N) is 3. The molecule has 1 aromatic rings. The third-order valence-electron chi connectivity index (χ3n) is 3.66. The quantitative estimate of drug-likeness (QED) is 0.614. The van der Waals surface area contributed by atoms with E-state index in [1.165, 1.54) is 23.9 Å².